The summed E-state index contributed by atoms with van der Waals surface area (Å²) in [4.78, 5) is 27.8. The maximum atomic E-state index is 15.1. The predicted octanol–water partition coefficient (Wildman–Crippen LogP) is 4.25. The van der Waals surface area contributed by atoms with Crippen LogP contribution in [0.5, 0.6) is 0 Å². The highest BCUT2D eigenvalue weighted by molar-refractivity contribution is 6.31. The number of aromatic nitrogens is 2. The van der Waals surface area contributed by atoms with Crippen molar-refractivity contribution in [1.29, 1.82) is 0 Å². The SMILES string of the molecule is COC(=O)c1cccc(Cn2c(=O)n(-c3ccc(N4CCNCC4)cc3)c3cc(Cl)ccc32)c1F.Cl. The van der Waals surface area contributed by atoms with E-state index in [0.717, 1.165) is 31.9 Å². The van der Waals surface area contributed by atoms with Crippen LogP contribution in [0.2, 0.25) is 5.02 Å². The van der Waals surface area contributed by atoms with Gasteiger partial charge in [0.05, 0.1) is 35.9 Å². The maximum Gasteiger partial charge on any atom is 0.340 e. The molecule has 5 rings (SSSR count). The van der Waals surface area contributed by atoms with Crippen molar-refractivity contribution in [2.45, 2.75) is 6.54 Å². The molecule has 10 heteroatoms. The standard InChI is InChI=1S/C26H24ClFN4O3.ClH/c1-35-25(33)21-4-2-3-17(24(21)28)16-31-22-10-5-18(27)15-23(22)32(26(31)34)20-8-6-19(7-9-20)30-13-11-29-12-14-30;/h2-10,15,29H,11-14,16H2,1H3;1H. The number of nitrogens with one attached hydrogen (secondary N) is 1. The molecule has 0 atom stereocenters. The van der Waals surface area contributed by atoms with E-state index in [0.29, 0.717) is 21.7 Å². The number of carbonyl (C=O) groups excluding carboxylic acids is 1. The van der Waals surface area contributed by atoms with E-state index < -0.39 is 11.8 Å². The summed E-state index contributed by atoms with van der Waals surface area (Å²) in [5.41, 5.74) is 2.69. The lowest BCUT2D eigenvalue weighted by molar-refractivity contribution is 0.0595. The Morgan fingerprint density at radius 3 is 2.42 bits per heavy atom. The van der Waals surface area contributed by atoms with Crippen LogP contribution in [-0.2, 0) is 11.3 Å². The third kappa shape index (κ3) is 4.72. The van der Waals surface area contributed by atoms with E-state index >= 15 is 4.39 Å². The van der Waals surface area contributed by atoms with E-state index in [2.05, 4.69) is 15.0 Å². The summed E-state index contributed by atoms with van der Waals surface area (Å²) >= 11 is 6.27. The molecule has 0 saturated carbocycles. The largest absolute Gasteiger partial charge is 0.465 e. The molecule has 2 heterocycles. The van der Waals surface area contributed by atoms with Crippen LogP contribution >= 0.6 is 24.0 Å². The first-order chi connectivity index (χ1) is 17.0. The summed E-state index contributed by atoms with van der Waals surface area (Å²) in [5.74, 6) is -1.48. The lowest BCUT2D eigenvalue weighted by Crippen LogP contribution is -2.43. The van der Waals surface area contributed by atoms with Gasteiger partial charge in [0.25, 0.3) is 0 Å². The predicted molar refractivity (Wildman–Crippen MR) is 142 cm³/mol. The number of piperazine rings is 1. The molecule has 4 aromatic rings. The van der Waals surface area contributed by atoms with Crippen molar-refractivity contribution in [2.24, 2.45) is 0 Å². The number of benzene rings is 3. The zero-order valence-electron chi connectivity index (χ0n) is 19.5. The van der Waals surface area contributed by atoms with Crippen LogP contribution in [-0.4, -0.2) is 48.4 Å². The van der Waals surface area contributed by atoms with Gasteiger partial charge in [0.2, 0.25) is 0 Å². The lowest BCUT2D eigenvalue weighted by atomic mass is 10.1. The Hall–Kier alpha value is -3.33. The molecule has 0 spiro atoms. The van der Waals surface area contributed by atoms with E-state index in [1.165, 1.54) is 17.7 Å². The van der Waals surface area contributed by atoms with Crippen LogP contribution in [0.1, 0.15) is 15.9 Å². The van der Waals surface area contributed by atoms with E-state index in [9.17, 15) is 9.59 Å². The fraction of sp³-hybridized carbons (Fsp3) is 0.231. The van der Waals surface area contributed by atoms with Gasteiger partial charge in [-0.2, -0.15) is 0 Å². The topological polar surface area (TPSA) is 68.5 Å². The molecule has 1 fully saturated rings. The Labute approximate surface area is 218 Å². The van der Waals surface area contributed by atoms with E-state index in [1.807, 2.05) is 24.3 Å². The number of hydrogen-bond acceptors (Lipinski definition) is 5. The number of rotatable bonds is 5. The quantitative estimate of drug-likeness (QED) is 0.390. The Bertz CT molecular complexity index is 1460. The molecule has 0 aliphatic carbocycles. The van der Waals surface area contributed by atoms with Gasteiger partial charge in [-0.1, -0.05) is 23.7 Å². The van der Waals surface area contributed by atoms with E-state index in [4.69, 9.17) is 11.6 Å². The Morgan fingerprint density at radius 1 is 1.03 bits per heavy atom. The molecule has 7 nitrogen and oxygen atoms in total. The molecule has 36 heavy (non-hydrogen) atoms. The smallest absolute Gasteiger partial charge is 0.340 e. The summed E-state index contributed by atoms with van der Waals surface area (Å²) in [6.45, 7) is 3.65. The molecule has 3 aromatic carbocycles. The average molecular weight is 531 g/mol. The van der Waals surface area contributed by atoms with Crippen LogP contribution in [0.4, 0.5) is 10.1 Å². The minimum atomic E-state index is -0.768. The second-order valence-corrected chi connectivity index (χ2v) is 8.80. The molecule has 1 saturated heterocycles. The van der Waals surface area contributed by atoms with E-state index in [1.54, 1.807) is 34.9 Å². The second-order valence-electron chi connectivity index (χ2n) is 8.36. The lowest BCUT2D eigenvalue weighted by Gasteiger charge is -2.29. The highest BCUT2D eigenvalue weighted by Crippen LogP contribution is 2.25. The monoisotopic (exact) mass is 530 g/mol. The third-order valence-corrected chi connectivity index (χ3v) is 6.53. The Morgan fingerprint density at radius 2 is 1.72 bits per heavy atom. The van der Waals surface area contributed by atoms with Crippen molar-refractivity contribution in [3.63, 3.8) is 0 Å². The molecule has 188 valence electrons. The molecule has 0 bridgehead atoms. The van der Waals surface area contributed by atoms with Crippen LogP contribution < -0.4 is 15.9 Å². The van der Waals surface area contributed by atoms with E-state index in [-0.39, 0.29) is 35.8 Å². The minimum absolute atomic E-state index is 0. The molecule has 1 aliphatic heterocycles. The number of anilines is 1. The van der Waals surface area contributed by atoms with Gasteiger partial charge < -0.3 is 15.0 Å². The number of esters is 1. The first-order valence-corrected chi connectivity index (χ1v) is 11.7. The fourth-order valence-electron chi connectivity index (χ4n) is 4.51. The highest BCUT2D eigenvalue weighted by atomic mass is 35.5. The van der Waals surface area contributed by atoms with Gasteiger partial charge in [-0.05, 0) is 48.5 Å². The van der Waals surface area contributed by atoms with Crippen molar-refractivity contribution >= 4 is 46.7 Å². The molecule has 0 amide bonds. The molecule has 1 aromatic heterocycles. The average Bonchev–Trinajstić information content (AvgIpc) is 3.15. The number of halogens is 3. The van der Waals surface area contributed by atoms with Crippen molar-refractivity contribution in [2.75, 3.05) is 38.2 Å². The van der Waals surface area contributed by atoms with Crippen molar-refractivity contribution < 1.29 is 13.9 Å². The van der Waals surface area contributed by atoms with Crippen molar-refractivity contribution in [1.82, 2.24) is 14.5 Å². The summed E-state index contributed by atoms with van der Waals surface area (Å²) < 4.78 is 22.8. The van der Waals surface area contributed by atoms with Crippen molar-refractivity contribution in [3.8, 4) is 5.69 Å². The number of nitrogens with zero attached hydrogens (tertiary/aromatic N) is 3. The van der Waals surface area contributed by atoms with Crippen LogP contribution in [0, 0.1) is 5.82 Å². The number of fused-ring (bicyclic) bond motifs is 1. The van der Waals surface area contributed by atoms with Gasteiger partial charge in [-0.25, -0.2) is 14.0 Å². The van der Waals surface area contributed by atoms with Gasteiger partial charge in [-0.15, -0.1) is 12.4 Å². The zero-order valence-corrected chi connectivity index (χ0v) is 21.1. The fourth-order valence-corrected chi connectivity index (χ4v) is 4.67. The molecule has 1 aliphatic rings. The van der Waals surface area contributed by atoms with Gasteiger partial charge in [0.1, 0.15) is 5.82 Å². The molecule has 1 N–H and O–H groups in total. The Kier molecular flexibility index (Phi) is 7.68. The number of ether oxygens (including phenoxy) is 1. The number of imidazole rings is 1. The summed E-state index contributed by atoms with van der Waals surface area (Å²) in [7, 11) is 1.20. The van der Waals surface area contributed by atoms with Crippen LogP contribution in [0.15, 0.2) is 65.5 Å². The minimum Gasteiger partial charge on any atom is -0.465 e. The van der Waals surface area contributed by atoms with Crippen LogP contribution in [0.25, 0.3) is 16.7 Å². The van der Waals surface area contributed by atoms with Crippen LogP contribution in [0.3, 0.4) is 0 Å². The summed E-state index contributed by atoms with van der Waals surface area (Å²) in [6, 6.07) is 17.4. The number of carbonyl (C=O) groups is 1. The first-order valence-electron chi connectivity index (χ1n) is 11.3. The number of hydrogen-bond donors (Lipinski definition) is 1. The van der Waals surface area contributed by atoms with Gasteiger partial charge in [0, 0.05) is 42.5 Å². The zero-order chi connectivity index (χ0) is 24.5. The molecule has 0 unspecified atom stereocenters. The summed E-state index contributed by atoms with van der Waals surface area (Å²) in [5, 5.41) is 3.83. The first kappa shape index (κ1) is 25.8. The number of methoxy groups -OCH3 is 1. The summed E-state index contributed by atoms with van der Waals surface area (Å²) in [6.07, 6.45) is 0. The maximum absolute atomic E-state index is 15.1. The van der Waals surface area contributed by atoms with Crippen molar-refractivity contribution in [3.05, 3.63) is 93.1 Å². The highest BCUT2D eigenvalue weighted by Gasteiger charge is 2.20. The normalized spacial score (nSPS) is 13.5. The molecular weight excluding hydrogens is 506 g/mol. The molecule has 0 radical (unpaired) electrons. The van der Waals surface area contributed by atoms with Gasteiger partial charge >= 0.3 is 11.7 Å². The third-order valence-electron chi connectivity index (χ3n) is 6.29. The second kappa shape index (κ2) is 10.7. The van der Waals surface area contributed by atoms with Gasteiger partial charge in [-0.3, -0.25) is 9.13 Å². The Balaban J connectivity index is 0.00000304. The van der Waals surface area contributed by atoms with Gasteiger partial charge in [0.15, 0.2) is 0 Å². The molecular formula is C26H25Cl2FN4O3.